The highest BCUT2D eigenvalue weighted by atomic mass is 16.5. The molecule has 0 radical (unpaired) electrons. The molecule has 0 aliphatic carbocycles. The second-order valence-corrected chi connectivity index (χ2v) is 7.09. The van der Waals surface area contributed by atoms with Crippen LogP contribution in [0.25, 0.3) is 0 Å². The van der Waals surface area contributed by atoms with E-state index in [0.29, 0.717) is 6.61 Å². The van der Waals surface area contributed by atoms with E-state index in [-0.39, 0.29) is 5.97 Å². The topological polar surface area (TPSA) is 26.3 Å². The second kappa shape index (κ2) is 21.7. The van der Waals surface area contributed by atoms with Crippen molar-refractivity contribution >= 4 is 5.97 Å². The molecule has 26 heavy (non-hydrogen) atoms. The summed E-state index contributed by atoms with van der Waals surface area (Å²) in [4.78, 5) is 10.6. The number of carbonyl (C=O) groups excluding carboxylic acids is 1. The third kappa shape index (κ3) is 22.7. The van der Waals surface area contributed by atoms with Gasteiger partial charge in [-0.3, -0.25) is 4.79 Å². The van der Waals surface area contributed by atoms with Crippen molar-refractivity contribution in [2.24, 2.45) is 0 Å². The monoisotopic (exact) mass is 362 g/mol. The first-order chi connectivity index (χ1) is 12.8. The molecular formula is C24H42O2. The van der Waals surface area contributed by atoms with Crippen LogP contribution in [0, 0.1) is 0 Å². The molecule has 2 heteroatoms. The summed E-state index contributed by atoms with van der Waals surface area (Å²) in [6.45, 7) is 4.35. The highest BCUT2D eigenvalue weighted by molar-refractivity contribution is 5.65. The number of esters is 1. The molecule has 150 valence electrons. The van der Waals surface area contributed by atoms with Gasteiger partial charge in [0.2, 0.25) is 0 Å². The summed E-state index contributed by atoms with van der Waals surface area (Å²) in [5.41, 5.74) is 0. The van der Waals surface area contributed by atoms with Gasteiger partial charge in [0.05, 0.1) is 6.61 Å². The first-order valence-electron chi connectivity index (χ1n) is 10.9. The van der Waals surface area contributed by atoms with Crippen molar-refractivity contribution in [2.45, 2.75) is 104 Å². The lowest BCUT2D eigenvalue weighted by molar-refractivity contribution is -0.141. The summed E-state index contributed by atoms with van der Waals surface area (Å²) in [5, 5.41) is 0. The SMILES string of the molecule is CCCCCCCCCCCCCCCCOC(C)=O.c1ccccc1. The molecule has 0 saturated carbocycles. The fourth-order valence-corrected chi connectivity index (χ4v) is 2.90. The van der Waals surface area contributed by atoms with Gasteiger partial charge in [0.15, 0.2) is 0 Å². The predicted octanol–water partition coefficient (Wildman–Crippen LogP) is 7.72. The van der Waals surface area contributed by atoms with E-state index >= 15 is 0 Å². The van der Waals surface area contributed by atoms with E-state index in [1.54, 1.807) is 0 Å². The van der Waals surface area contributed by atoms with Gasteiger partial charge in [-0.1, -0.05) is 127 Å². The molecule has 0 bridgehead atoms. The fourth-order valence-electron chi connectivity index (χ4n) is 2.90. The minimum atomic E-state index is -0.153. The molecule has 1 rings (SSSR count). The molecule has 0 spiro atoms. The maximum absolute atomic E-state index is 10.6. The number of carbonyl (C=O) groups is 1. The van der Waals surface area contributed by atoms with E-state index in [9.17, 15) is 4.79 Å². The Balaban J connectivity index is 0.000000867. The summed E-state index contributed by atoms with van der Waals surface area (Å²) in [6.07, 6.45) is 19.0. The molecule has 0 N–H and O–H groups in total. The van der Waals surface area contributed by atoms with Crippen molar-refractivity contribution in [3.05, 3.63) is 36.4 Å². The van der Waals surface area contributed by atoms with Gasteiger partial charge in [-0.15, -0.1) is 0 Å². The molecule has 0 aliphatic rings. The Kier molecular flexibility index (Phi) is 20.6. The lowest BCUT2D eigenvalue weighted by Gasteiger charge is -2.03. The first kappa shape index (κ1) is 24.7. The van der Waals surface area contributed by atoms with E-state index < -0.39 is 0 Å². The minimum Gasteiger partial charge on any atom is -0.466 e. The number of hydrogen-bond acceptors (Lipinski definition) is 2. The zero-order chi connectivity index (χ0) is 19.1. The standard InChI is InChI=1S/C18H36O2.C6H6/c1-3-4-5-6-7-8-9-10-11-12-13-14-15-16-17-20-18(2)19;1-2-4-6-5-3-1/h3-17H2,1-2H3;1-6H. The smallest absolute Gasteiger partial charge is 0.302 e. The quantitative estimate of drug-likeness (QED) is 0.236. The molecule has 1 aromatic carbocycles. The lowest BCUT2D eigenvalue weighted by Crippen LogP contribution is -2.00. The van der Waals surface area contributed by atoms with E-state index in [1.807, 2.05) is 36.4 Å². The summed E-state index contributed by atoms with van der Waals surface area (Å²) in [7, 11) is 0. The maximum atomic E-state index is 10.6. The molecule has 0 aromatic heterocycles. The van der Waals surface area contributed by atoms with Crippen LogP contribution in [-0.4, -0.2) is 12.6 Å². The molecule has 0 saturated heterocycles. The second-order valence-electron chi connectivity index (χ2n) is 7.09. The van der Waals surface area contributed by atoms with Crippen LogP contribution in [0.5, 0.6) is 0 Å². The highest BCUT2D eigenvalue weighted by Crippen LogP contribution is 2.12. The number of hydrogen-bond donors (Lipinski definition) is 0. The molecule has 0 aliphatic heterocycles. The summed E-state index contributed by atoms with van der Waals surface area (Å²) in [6, 6.07) is 12.0. The van der Waals surface area contributed by atoms with Crippen molar-refractivity contribution in [3.8, 4) is 0 Å². The van der Waals surface area contributed by atoms with E-state index in [4.69, 9.17) is 4.74 Å². The van der Waals surface area contributed by atoms with Crippen molar-refractivity contribution in [3.63, 3.8) is 0 Å². The lowest BCUT2D eigenvalue weighted by atomic mass is 10.0. The molecule has 0 heterocycles. The Labute approximate surface area is 162 Å². The van der Waals surface area contributed by atoms with Crippen LogP contribution in [0.4, 0.5) is 0 Å². The van der Waals surface area contributed by atoms with Crippen LogP contribution in [-0.2, 0) is 9.53 Å². The largest absolute Gasteiger partial charge is 0.466 e. The Morgan fingerprint density at radius 3 is 1.19 bits per heavy atom. The van der Waals surface area contributed by atoms with E-state index in [2.05, 4.69) is 6.92 Å². The highest BCUT2D eigenvalue weighted by Gasteiger charge is 1.95. The van der Waals surface area contributed by atoms with Crippen LogP contribution in [0.2, 0.25) is 0 Å². The average Bonchev–Trinajstić information content (AvgIpc) is 2.66. The van der Waals surface area contributed by atoms with Crippen molar-refractivity contribution in [1.29, 1.82) is 0 Å². The van der Waals surface area contributed by atoms with Crippen molar-refractivity contribution < 1.29 is 9.53 Å². The third-order valence-electron chi connectivity index (χ3n) is 4.47. The molecule has 0 fully saturated rings. The zero-order valence-corrected chi connectivity index (χ0v) is 17.4. The van der Waals surface area contributed by atoms with Gasteiger partial charge >= 0.3 is 5.97 Å². The maximum Gasteiger partial charge on any atom is 0.302 e. The summed E-state index contributed by atoms with van der Waals surface area (Å²) in [5.74, 6) is -0.153. The van der Waals surface area contributed by atoms with E-state index in [1.165, 1.54) is 90.4 Å². The van der Waals surface area contributed by atoms with Gasteiger partial charge in [-0.25, -0.2) is 0 Å². The van der Waals surface area contributed by atoms with Crippen LogP contribution in [0.3, 0.4) is 0 Å². The predicted molar refractivity (Wildman–Crippen MR) is 113 cm³/mol. The zero-order valence-electron chi connectivity index (χ0n) is 17.4. The molecule has 0 unspecified atom stereocenters. The van der Waals surface area contributed by atoms with Crippen LogP contribution < -0.4 is 0 Å². The number of ether oxygens (including phenoxy) is 1. The molecule has 0 amide bonds. The first-order valence-corrected chi connectivity index (χ1v) is 10.9. The van der Waals surface area contributed by atoms with E-state index in [0.717, 1.165) is 6.42 Å². The summed E-state index contributed by atoms with van der Waals surface area (Å²) < 4.78 is 4.91. The Morgan fingerprint density at radius 1 is 0.577 bits per heavy atom. The minimum absolute atomic E-state index is 0.153. The normalized spacial score (nSPS) is 10.1. The number of rotatable bonds is 15. The Bertz CT molecular complexity index is 348. The van der Waals surface area contributed by atoms with Gasteiger partial charge < -0.3 is 4.74 Å². The van der Waals surface area contributed by atoms with Gasteiger partial charge in [0.25, 0.3) is 0 Å². The molecule has 1 aromatic rings. The van der Waals surface area contributed by atoms with Gasteiger partial charge in [-0.05, 0) is 6.42 Å². The van der Waals surface area contributed by atoms with Crippen molar-refractivity contribution in [2.75, 3.05) is 6.61 Å². The average molecular weight is 363 g/mol. The molecule has 2 nitrogen and oxygen atoms in total. The fraction of sp³-hybridized carbons (Fsp3) is 0.708. The van der Waals surface area contributed by atoms with Gasteiger partial charge in [0.1, 0.15) is 0 Å². The number of unbranched alkanes of at least 4 members (excludes halogenated alkanes) is 13. The third-order valence-corrected chi connectivity index (χ3v) is 4.47. The van der Waals surface area contributed by atoms with Crippen LogP contribution >= 0.6 is 0 Å². The Hall–Kier alpha value is -1.31. The summed E-state index contributed by atoms with van der Waals surface area (Å²) >= 11 is 0. The van der Waals surface area contributed by atoms with Gasteiger partial charge in [-0.2, -0.15) is 0 Å². The van der Waals surface area contributed by atoms with Crippen LogP contribution in [0.15, 0.2) is 36.4 Å². The Morgan fingerprint density at radius 2 is 0.885 bits per heavy atom. The number of benzene rings is 1. The van der Waals surface area contributed by atoms with Gasteiger partial charge in [0, 0.05) is 6.92 Å². The van der Waals surface area contributed by atoms with Crippen molar-refractivity contribution in [1.82, 2.24) is 0 Å². The molecule has 0 atom stereocenters. The van der Waals surface area contributed by atoms with Crippen LogP contribution in [0.1, 0.15) is 104 Å². The molecular weight excluding hydrogens is 320 g/mol.